The Morgan fingerprint density at radius 2 is 1.57 bits per heavy atom. The average molecular weight is 288 g/mol. The van der Waals surface area contributed by atoms with Crippen LogP contribution in [0.3, 0.4) is 0 Å². The number of phenolic OH excluding ortho intramolecular Hbond substituents is 1. The summed E-state index contributed by atoms with van der Waals surface area (Å²) in [5.74, 6) is -0.478. The number of aromatic hydroxyl groups is 1. The highest BCUT2D eigenvalue weighted by Gasteiger charge is 2.13. The van der Waals surface area contributed by atoms with Gasteiger partial charge in [-0.1, -0.05) is 6.07 Å². The molecule has 0 aliphatic heterocycles. The van der Waals surface area contributed by atoms with Gasteiger partial charge in [-0.15, -0.1) is 0 Å². The molecule has 0 bridgehead atoms. The van der Waals surface area contributed by atoms with Gasteiger partial charge in [0, 0.05) is 18.2 Å². The van der Waals surface area contributed by atoms with Crippen molar-refractivity contribution in [3.8, 4) is 5.75 Å². The van der Waals surface area contributed by atoms with Crippen molar-refractivity contribution in [2.24, 2.45) is 10.2 Å². The van der Waals surface area contributed by atoms with Crippen molar-refractivity contribution in [3.05, 3.63) is 62.7 Å². The van der Waals surface area contributed by atoms with Gasteiger partial charge >= 0.3 is 5.69 Å². The van der Waals surface area contributed by atoms with E-state index in [-0.39, 0.29) is 17.1 Å². The molecule has 2 aromatic rings. The second-order valence-corrected chi connectivity index (χ2v) is 3.91. The monoisotopic (exact) mass is 288 g/mol. The Labute approximate surface area is 117 Å². The quantitative estimate of drug-likeness (QED) is 0.521. The Balaban J connectivity index is 2.29. The number of hydrogen-bond acceptors (Lipinski definition) is 7. The lowest BCUT2D eigenvalue weighted by atomic mass is 10.2. The van der Waals surface area contributed by atoms with Gasteiger partial charge in [0.25, 0.3) is 5.69 Å². The Morgan fingerprint density at radius 3 is 2.19 bits per heavy atom. The van der Waals surface area contributed by atoms with E-state index in [9.17, 15) is 25.3 Å². The van der Waals surface area contributed by atoms with Crippen molar-refractivity contribution in [2.75, 3.05) is 0 Å². The minimum atomic E-state index is -0.748. The number of non-ortho nitro benzene ring substituents is 1. The number of nitrogens with zero attached hydrogens (tertiary/aromatic N) is 4. The summed E-state index contributed by atoms with van der Waals surface area (Å²) in [5, 5.41) is 38.1. The zero-order chi connectivity index (χ0) is 15.4. The van der Waals surface area contributed by atoms with Gasteiger partial charge in [-0.2, -0.15) is 10.2 Å². The molecule has 0 fully saturated rings. The topological polar surface area (TPSA) is 131 Å². The van der Waals surface area contributed by atoms with Crippen molar-refractivity contribution in [1.29, 1.82) is 0 Å². The number of hydrogen-bond donors (Lipinski definition) is 1. The van der Waals surface area contributed by atoms with Crippen LogP contribution in [0, 0.1) is 20.2 Å². The first-order chi connectivity index (χ1) is 9.97. The zero-order valence-electron chi connectivity index (χ0n) is 10.4. The molecule has 0 amide bonds. The summed E-state index contributed by atoms with van der Waals surface area (Å²) in [4.78, 5) is 20.0. The predicted octanol–water partition coefficient (Wildman–Crippen LogP) is 3.62. The molecule has 0 spiro atoms. The van der Waals surface area contributed by atoms with Crippen LogP contribution in [-0.4, -0.2) is 15.0 Å². The summed E-state index contributed by atoms with van der Waals surface area (Å²) < 4.78 is 0. The standard InChI is InChI=1S/C12H8N4O5/c17-12-5-4-9(7-11(12)16(20)21)14-13-8-2-1-3-10(6-8)15(18)19/h1-7,17H. The van der Waals surface area contributed by atoms with Crippen LogP contribution < -0.4 is 0 Å². The molecule has 106 valence electrons. The lowest BCUT2D eigenvalue weighted by Crippen LogP contribution is -1.87. The van der Waals surface area contributed by atoms with Gasteiger partial charge in [-0.3, -0.25) is 20.2 Å². The van der Waals surface area contributed by atoms with E-state index in [1.165, 1.54) is 30.3 Å². The maximum atomic E-state index is 10.7. The summed E-state index contributed by atoms with van der Waals surface area (Å²) in [7, 11) is 0. The molecule has 0 aliphatic rings. The largest absolute Gasteiger partial charge is 0.502 e. The van der Waals surface area contributed by atoms with Crippen molar-refractivity contribution in [3.63, 3.8) is 0 Å². The molecule has 0 radical (unpaired) electrons. The minimum Gasteiger partial charge on any atom is -0.502 e. The van der Waals surface area contributed by atoms with Gasteiger partial charge in [0.1, 0.15) is 0 Å². The van der Waals surface area contributed by atoms with Crippen LogP contribution in [0.15, 0.2) is 52.7 Å². The summed E-state index contributed by atoms with van der Waals surface area (Å²) in [5.41, 5.74) is -0.250. The van der Waals surface area contributed by atoms with E-state index in [0.29, 0.717) is 0 Å². The number of nitro benzene ring substituents is 2. The molecule has 2 aromatic carbocycles. The molecule has 0 saturated carbocycles. The van der Waals surface area contributed by atoms with E-state index in [4.69, 9.17) is 0 Å². The minimum absolute atomic E-state index is 0.136. The van der Waals surface area contributed by atoms with Crippen molar-refractivity contribution >= 4 is 22.7 Å². The van der Waals surface area contributed by atoms with Crippen molar-refractivity contribution in [2.45, 2.75) is 0 Å². The first-order valence-electron chi connectivity index (χ1n) is 5.61. The Bertz CT molecular complexity index is 744. The van der Waals surface area contributed by atoms with E-state index in [0.717, 1.165) is 12.1 Å². The van der Waals surface area contributed by atoms with Crippen LogP contribution in [-0.2, 0) is 0 Å². The second kappa shape index (κ2) is 5.74. The number of benzene rings is 2. The highest BCUT2D eigenvalue weighted by molar-refractivity contribution is 5.55. The molecule has 0 aromatic heterocycles. The van der Waals surface area contributed by atoms with Crippen molar-refractivity contribution < 1.29 is 15.0 Å². The fourth-order valence-corrected chi connectivity index (χ4v) is 1.50. The van der Waals surface area contributed by atoms with Crippen LogP contribution >= 0.6 is 0 Å². The molecular formula is C12H8N4O5. The van der Waals surface area contributed by atoms with Gasteiger partial charge in [0.05, 0.1) is 21.2 Å². The zero-order valence-corrected chi connectivity index (χ0v) is 10.4. The SMILES string of the molecule is O=[N+]([O-])c1cccc(N=Nc2ccc(O)c([N+](=O)[O-])c2)c1. The molecule has 21 heavy (non-hydrogen) atoms. The molecule has 0 atom stereocenters. The summed E-state index contributed by atoms with van der Waals surface area (Å²) in [6, 6.07) is 9.00. The maximum Gasteiger partial charge on any atom is 0.312 e. The summed E-state index contributed by atoms with van der Waals surface area (Å²) >= 11 is 0. The first kappa shape index (κ1) is 14.1. The molecule has 0 unspecified atom stereocenters. The van der Waals surface area contributed by atoms with Crippen LogP contribution in [0.1, 0.15) is 0 Å². The number of phenols is 1. The van der Waals surface area contributed by atoms with Crippen LogP contribution in [0.5, 0.6) is 5.75 Å². The normalized spacial score (nSPS) is 10.7. The van der Waals surface area contributed by atoms with Crippen LogP contribution in [0.2, 0.25) is 0 Å². The summed E-state index contributed by atoms with van der Waals surface area (Å²) in [6.07, 6.45) is 0. The van der Waals surface area contributed by atoms with Gasteiger partial charge in [0.15, 0.2) is 5.75 Å². The molecule has 9 nitrogen and oxygen atoms in total. The molecule has 0 heterocycles. The molecule has 9 heteroatoms. The average Bonchev–Trinajstić information content (AvgIpc) is 2.46. The summed E-state index contributed by atoms with van der Waals surface area (Å²) in [6.45, 7) is 0. The highest BCUT2D eigenvalue weighted by atomic mass is 16.6. The third kappa shape index (κ3) is 3.35. The van der Waals surface area contributed by atoms with Gasteiger partial charge in [0.2, 0.25) is 0 Å². The Hall–Kier alpha value is -3.36. The van der Waals surface area contributed by atoms with Gasteiger partial charge in [-0.05, 0) is 18.2 Å². The number of azo groups is 1. The van der Waals surface area contributed by atoms with Crippen molar-refractivity contribution in [1.82, 2.24) is 0 Å². The number of rotatable bonds is 4. The fraction of sp³-hybridized carbons (Fsp3) is 0. The third-order valence-corrected chi connectivity index (χ3v) is 2.48. The smallest absolute Gasteiger partial charge is 0.312 e. The van der Waals surface area contributed by atoms with E-state index < -0.39 is 21.3 Å². The fourth-order valence-electron chi connectivity index (χ4n) is 1.50. The lowest BCUT2D eigenvalue weighted by molar-refractivity contribution is -0.385. The maximum absolute atomic E-state index is 10.7. The van der Waals surface area contributed by atoms with Crippen LogP contribution in [0.4, 0.5) is 22.7 Å². The number of nitro groups is 2. The van der Waals surface area contributed by atoms with E-state index in [2.05, 4.69) is 10.2 Å². The highest BCUT2D eigenvalue weighted by Crippen LogP contribution is 2.31. The third-order valence-electron chi connectivity index (χ3n) is 2.48. The molecule has 0 aliphatic carbocycles. The first-order valence-corrected chi connectivity index (χ1v) is 5.61. The van der Waals surface area contributed by atoms with E-state index in [1.54, 1.807) is 0 Å². The van der Waals surface area contributed by atoms with Gasteiger partial charge in [-0.25, -0.2) is 0 Å². The molecule has 0 saturated heterocycles. The van der Waals surface area contributed by atoms with E-state index >= 15 is 0 Å². The molecular weight excluding hydrogens is 280 g/mol. The van der Waals surface area contributed by atoms with Gasteiger partial charge < -0.3 is 5.11 Å². The molecule has 2 rings (SSSR count). The lowest BCUT2D eigenvalue weighted by Gasteiger charge is -1.97. The second-order valence-electron chi connectivity index (χ2n) is 3.91. The van der Waals surface area contributed by atoms with Crippen LogP contribution in [0.25, 0.3) is 0 Å². The van der Waals surface area contributed by atoms with E-state index in [1.807, 2.05) is 0 Å². The Kier molecular flexibility index (Phi) is 3.84. The predicted molar refractivity (Wildman–Crippen MR) is 72.0 cm³/mol. The Morgan fingerprint density at radius 1 is 0.905 bits per heavy atom. The molecule has 1 N–H and O–H groups in total.